The third-order valence-electron chi connectivity index (χ3n) is 4.53. The van der Waals surface area contributed by atoms with Crippen LogP contribution in [-0.2, 0) is 6.18 Å². The largest absolute Gasteiger partial charge is 0.460 e. The fourth-order valence-electron chi connectivity index (χ4n) is 2.98. The topological polar surface area (TPSA) is 58.6 Å². The molecule has 0 radical (unpaired) electrons. The van der Waals surface area contributed by atoms with Crippen molar-refractivity contribution < 1.29 is 22.7 Å². The van der Waals surface area contributed by atoms with E-state index < -0.39 is 11.9 Å². The SMILES string of the molecule is CN(C)c1cccc(C(=O)N2CCC(Oc3nccc(C(F)(F)F)n3)CC2)c1. The number of anilines is 1. The predicted molar refractivity (Wildman–Crippen MR) is 97.4 cm³/mol. The van der Waals surface area contributed by atoms with Crippen LogP contribution in [0.15, 0.2) is 36.5 Å². The lowest BCUT2D eigenvalue weighted by molar-refractivity contribution is -0.141. The number of carbonyl (C=O) groups is 1. The summed E-state index contributed by atoms with van der Waals surface area (Å²) in [6.45, 7) is 0.906. The number of carbonyl (C=O) groups excluding carboxylic acids is 1. The van der Waals surface area contributed by atoms with Gasteiger partial charge < -0.3 is 14.5 Å². The Hall–Kier alpha value is -2.84. The molecule has 1 aliphatic heterocycles. The summed E-state index contributed by atoms with van der Waals surface area (Å²) in [5.74, 6) is -0.0718. The molecule has 1 amide bonds. The molecule has 2 aromatic rings. The molecule has 0 saturated carbocycles. The van der Waals surface area contributed by atoms with Crippen LogP contribution in [0.3, 0.4) is 0 Å². The Morgan fingerprint density at radius 2 is 1.93 bits per heavy atom. The van der Waals surface area contributed by atoms with Gasteiger partial charge in [0.2, 0.25) is 0 Å². The van der Waals surface area contributed by atoms with Crippen LogP contribution in [0, 0.1) is 0 Å². The molecule has 0 atom stereocenters. The summed E-state index contributed by atoms with van der Waals surface area (Å²) in [7, 11) is 3.81. The number of halogens is 3. The van der Waals surface area contributed by atoms with Gasteiger partial charge in [0, 0.05) is 57.5 Å². The molecule has 1 aliphatic rings. The number of likely N-dealkylation sites (tertiary alicyclic amines) is 1. The second kappa shape index (κ2) is 8.04. The minimum absolute atomic E-state index is 0.0718. The molecular weight excluding hydrogens is 373 g/mol. The van der Waals surface area contributed by atoms with Gasteiger partial charge in [0.1, 0.15) is 6.10 Å². The Balaban J connectivity index is 1.59. The van der Waals surface area contributed by atoms with E-state index in [1.165, 1.54) is 0 Å². The van der Waals surface area contributed by atoms with Crippen molar-refractivity contribution in [3.05, 3.63) is 47.8 Å². The van der Waals surface area contributed by atoms with E-state index in [9.17, 15) is 18.0 Å². The van der Waals surface area contributed by atoms with E-state index >= 15 is 0 Å². The van der Waals surface area contributed by atoms with E-state index in [0.29, 0.717) is 31.5 Å². The van der Waals surface area contributed by atoms with Crippen molar-refractivity contribution in [2.75, 3.05) is 32.1 Å². The molecule has 9 heteroatoms. The number of ether oxygens (including phenoxy) is 1. The van der Waals surface area contributed by atoms with Gasteiger partial charge in [-0.15, -0.1) is 0 Å². The molecule has 0 aliphatic carbocycles. The molecule has 2 heterocycles. The van der Waals surface area contributed by atoms with E-state index in [4.69, 9.17) is 4.74 Å². The lowest BCUT2D eigenvalue weighted by atomic mass is 10.1. The van der Waals surface area contributed by atoms with Crippen LogP contribution in [0.1, 0.15) is 28.9 Å². The zero-order valence-electron chi connectivity index (χ0n) is 15.6. The van der Waals surface area contributed by atoms with Crippen molar-refractivity contribution in [3.63, 3.8) is 0 Å². The number of hydrogen-bond acceptors (Lipinski definition) is 5. The molecular formula is C19H21F3N4O2. The highest BCUT2D eigenvalue weighted by atomic mass is 19.4. The summed E-state index contributed by atoms with van der Waals surface area (Å²) in [6, 6.07) is 7.87. The third kappa shape index (κ3) is 4.71. The maximum atomic E-state index is 12.7. The molecule has 1 aromatic carbocycles. The van der Waals surface area contributed by atoms with Gasteiger partial charge in [-0.25, -0.2) is 4.98 Å². The van der Waals surface area contributed by atoms with E-state index in [-0.39, 0.29) is 18.0 Å². The molecule has 150 valence electrons. The normalized spacial score (nSPS) is 15.4. The monoisotopic (exact) mass is 394 g/mol. The number of alkyl halides is 3. The average Bonchev–Trinajstić information content (AvgIpc) is 2.68. The van der Waals surface area contributed by atoms with E-state index in [1.807, 2.05) is 37.2 Å². The van der Waals surface area contributed by atoms with Gasteiger partial charge in [-0.2, -0.15) is 18.2 Å². The lowest BCUT2D eigenvalue weighted by Crippen LogP contribution is -2.42. The highest BCUT2D eigenvalue weighted by Gasteiger charge is 2.33. The van der Waals surface area contributed by atoms with Crippen LogP contribution in [0.4, 0.5) is 18.9 Å². The van der Waals surface area contributed by atoms with Crippen molar-refractivity contribution in [2.45, 2.75) is 25.1 Å². The van der Waals surface area contributed by atoms with Crippen LogP contribution < -0.4 is 9.64 Å². The first-order valence-electron chi connectivity index (χ1n) is 8.87. The first kappa shape index (κ1) is 19.9. The molecule has 1 saturated heterocycles. The lowest BCUT2D eigenvalue weighted by Gasteiger charge is -2.32. The Bertz CT molecular complexity index is 834. The van der Waals surface area contributed by atoms with Crippen molar-refractivity contribution in [1.82, 2.24) is 14.9 Å². The van der Waals surface area contributed by atoms with E-state index in [2.05, 4.69) is 9.97 Å². The molecule has 1 fully saturated rings. The second-order valence-corrected chi connectivity index (χ2v) is 6.78. The number of piperidine rings is 1. The fourth-order valence-corrected chi connectivity index (χ4v) is 2.98. The molecule has 6 nitrogen and oxygen atoms in total. The number of benzene rings is 1. The van der Waals surface area contributed by atoms with Gasteiger partial charge in [-0.1, -0.05) is 6.07 Å². The van der Waals surface area contributed by atoms with Gasteiger partial charge in [-0.3, -0.25) is 4.79 Å². The maximum absolute atomic E-state index is 12.7. The van der Waals surface area contributed by atoms with Crippen molar-refractivity contribution in [1.29, 1.82) is 0 Å². The van der Waals surface area contributed by atoms with E-state index in [1.54, 1.807) is 11.0 Å². The smallest absolute Gasteiger partial charge is 0.433 e. The van der Waals surface area contributed by atoms with Crippen LogP contribution in [0.2, 0.25) is 0 Å². The van der Waals surface area contributed by atoms with Gasteiger partial charge >= 0.3 is 12.2 Å². The molecule has 0 N–H and O–H groups in total. The molecule has 28 heavy (non-hydrogen) atoms. The summed E-state index contributed by atoms with van der Waals surface area (Å²) in [4.78, 5) is 23.5. The van der Waals surface area contributed by atoms with Crippen LogP contribution in [-0.4, -0.2) is 54.1 Å². The number of rotatable bonds is 4. The van der Waals surface area contributed by atoms with Gasteiger partial charge in [0.15, 0.2) is 5.69 Å². The van der Waals surface area contributed by atoms with Crippen LogP contribution in [0.25, 0.3) is 0 Å². The summed E-state index contributed by atoms with van der Waals surface area (Å²) in [6.07, 6.45) is -2.85. The molecule has 0 unspecified atom stereocenters. The van der Waals surface area contributed by atoms with Gasteiger partial charge in [0.25, 0.3) is 5.91 Å². The Morgan fingerprint density at radius 3 is 2.57 bits per heavy atom. The first-order valence-corrected chi connectivity index (χ1v) is 8.87. The summed E-state index contributed by atoms with van der Waals surface area (Å²) in [5.41, 5.74) is 0.503. The number of amides is 1. The Kier molecular flexibility index (Phi) is 5.71. The minimum Gasteiger partial charge on any atom is -0.460 e. The predicted octanol–water partition coefficient (Wildman–Crippen LogP) is 3.25. The van der Waals surface area contributed by atoms with Gasteiger partial charge in [0.05, 0.1) is 0 Å². The summed E-state index contributed by atoms with van der Waals surface area (Å²) >= 11 is 0. The molecule has 0 spiro atoms. The standard InChI is InChI=1S/C19H21F3N4O2/c1-25(2)14-5-3-4-13(12-14)17(27)26-10-7-15(8-11-26)28-18-23-9-6-16(24-18)19(20,21)22/h3-6,9,12,15H,7-8,10-11H2,1-2H3. The Labute approximate surface area is 160 Å². The second-order valence-electron chi connectivity index (χ2n) is 6.78. The van der Waals surface area contributed by atoms with Gasteiger partial charge in [-0.05, 0) is 24.3 Å². The highest BCUT2D eigenvalue weighted by molar-refractivity contribution is 5.95. The molecule has 1 aromatic heterocycles. The van der Waals surface area contributed by atoms with Crippen LogP contribution >= 0.6 is 0 Å². The minimum atomic E-state index is -4.54. The molecule has 3 rings (SSSR count). The average molecular weight is 394 g/mol. The number of hydrogen-bond donors (Lipinski definition) is 0. The third-order valence-corrected chi connectivity index (χ3v) is 4.53. The van der Waals surface area contributed by atoms with Crippen molar-refractivity contribution in [3.8, 4) is 6.01 Å². The quantitative estimate of drug-likeness (QED) is 0.797. The molecule has 0 bridgehead atoms. The zero-order valence-corrected chi connectivity index (χ0v) is 15.6. The van der Waals surface area contributed by atoms with Crippen molar-refractivity contribution >= 4 is 11.6 Å². The highest BCUT2D eigenvalue weighted by Crippen LogP contribution is 2.28. The van der Waals surface area contributed by atoms with Crippen LogP contribution in [0.5, 0.6) is 6.01 Å². The van der Waals surface area contributed by atoms with E-state index in [0.717, 1.165) is 18.0 Å². The zero-order chi connectivity index (χ0) is 20.3. The number of nitrogens with zero attached hydrogens (tertiary/aromatic N) is 4. The summed E-state index contributed by atoms with van der Waals surface area (Å²) < 4.78 is 43.7. The Morgan fingerprint density at radius 1 is 1.21 bits per heavy atom. The fraction of sp³-hybridized carbons (Fsp3) is 0.421. The summed E-state index contributed by atoms with van der Waals surface area (Å²) in [5, 5.41) is 0. The number of aromatic nitrogens is 2. The maximum Gasteiger partial charge on any atom is 0.433 e. The van der Waals surface area contributed by atoms with Crippen molar-refractivity contribution in [2.24, 2.45) is 0 Å². The first-order chi connectivity index (χ1) is 13.2.